The van der Waals surface area contributed by atoms with Gasteiger partial charge in [-0.1, -0.05) is 26.0 Å². The maximum atomic E-state index is 10.7. The summed E-state index contributed by atoms with van der Waals surface area (Å²) in [5, 5.41) is 0. The fourth-order valence-corrected chi connectivity index (χ4v) is 0.937. The monoisotopic (exact) mass is 184 g/mol. The summed E-state index contributed by atoms with van der Waals surface area (Å²) in [4.78, 5) is 10.7. The summed E-state index contributed by atoms with van der Waals surface area (Å²) in [6.45, 7) is 4.51. The minimum Gasteiger partial charge on any atom is -0.466 e. The van der Waals surface area contributed by atoms with E-state index in [-0.39, 0.29) is 5.97 Å². The molecule has 0 fully saturated rings. The molecular formula is C11H20O2. The smallest absolute Gasteiger partial charge is 0.305 e. The predicted molar refractivity (Wildman–Crippen MR) is 54.5 cm³/mol. The average molecular weight is 184 g/mol. The first kappa shape index (κ1) is 12.2. The van der Waals surface area contributed by atoms with Gasteiger partial charge in [0.25, 0.3) is 0 Å². The lowest BCUT2D eigenvalue weighted by atomic mass is 10.2. The van der Waals surface area contributed by atoms with Gasteiger partial charge in [0.2, 0.25) is 0 Å². The van der Waals surface area contributed by atoms with Gasteiger partial charge in [0.05, 0.1) is 6.61 Å². The Balaban J connectivity index is 3.08. The Morgan fingerprint density at radius 1 is 1.23 bits per heavy atom. The molecule has 2 heteroatoms. The molecule has 0 saturated heterocycles. The van der Waals surface area contributed by atoms with Gasteiger partial charge < -0.3 is 4.74 Å². The second-order valence-corrected chi connectivity index (χ2v) is 2.95. The van der Waals surface area contributed by atoms with E-state index in [1.165, 1.54) is 0 Å². The van der Waals surface area contributed by atoms with Gasteiger partial charge in [0, 0.05) is 6.42 Å². The first-order chi connectivity index (χ1) is 6.31. The first-order valence-corrected chi connectivity index (χ1v) is 5.11. The normalized spacial score (nSPS) is 10.6. The van der Waals surface area contributed by atoms with E-state index in [1.54, 1.807) is 0 Å². The standard InChI is InChI=1S/C11H20O2/c1-3-5-6-7-8-9-10-13-11(12)4-2/h5-6H,3-4,7-10H2,1-2H3/b6-5-. The van der Waals surface area contributed by atoms with Crippen LogP contribution in [0.2, 0.25) is 0 Å². The van der Waals surface area contributed by atoms with Crippen LogP contribution >= 0.6 is 0 Å². The van der Waals surface area contributed by atoms with Crippen LogP contribution in [0.15, 0.2) is 12.2 Å². The molecule has 0 unspecified atom stereocenters. The highest BCUT2D eigenvalue weighted by Gasteiger charge is 1.95. The fraction of sp³-hybridized carbons (Fsp3) is 0.727. The van der Waals surface area contributed by atoms with E-state index in [1.807, 2.05) is 6.92 Å². The fourth-order valence-electron chi connectivity index (χ4n) is 0.937. The van der Waals surface area contributed by atoms with Gasteiger partial charge in [-0.05, 0) is 25.7 Å². The number of allylic oxidation sites excluding steroid dienone is 2. The molecule has 0 heterocycles. The van der Waals surface area contributed by atoms with Crippen molar-refractivity contribution in [3.63, 3.8) is 0 Å². The van der Waals surface area contributed by atoms with Crippen molar-refractivity contribution >= 4 is 5.97 Å². The third-order valence-electron chi connectivity index (χ3n) is 1.72. The minimum absolute atomic E-state index is 0.0934. The SMILES string of the molecule is CC/C=C\CCCCOC(=O)CC. The molecule has 0 aromatic heterocycles. The van der Waals surface area contributed by atoms with Gasteiger partial charge in [-0.25, -0.2) is 0 Å². The Kier molecular flexibility index (Phi) is 8.73. The summed E-state index contributed by atoms with van der Waals surface area (Å²) >= 11 is 0. The quantitative estimate of drug-likeness (QED) is 0.345. The van der Waals surface area contributed by atoms with E-state index in [2.05, 4.69) is 19.1 Å². The number of hydrogen-bond donors (Lipinski definition) is 0. The first-order valence-electron chi connectivity index (χ1n) is 5.11. The summed E-state index contributed by atoms with van der Waals surface area (Å²) in [6, 6.07) is 0. The molecule has 13 heavy (non-hydrogen) atoms. The third-order valence-corrected chi connectivity index (χ3v) is 1.72. The molecular weight excluding hydrogens is 164 g/mol. The van der Waals surface area contributed by atoms with Crippen LogP contribution in [-0.4, -0.2) is 12.6 Å². The molecule has 0 aliphatic carbocycles. The van der Waals surface area contributed by atoms with Gasteiger partial charge in [-0.2, -0.15) is 0 Å². The maximum Gasteiger partial charge on any atom is 0.305 e. The van der Waals surface area contributed by atoms with Gasteiger partial charge >= 0.3 is 5.97 Å². The molecule has 0 amide bonds. The summed E-state index contributed by atoms with van der Waals surface area (Å²) in [6.07, 6.45) is 9.10. The highest BCUT2D eigenvalue weighted by molar-refractivity contribution is 5.68. The van der Waals surface area contributed by atoms with Crippen LogP contribution in [-0.2, 0) is 9.53 Å². The zero-order valence-electron chi connectivity index (χ0n) is 8.71. The zero-order chi connectivity index (χ0) is 9.94. The molecule has 0 bridgehead atoms. The zero-order valence-corrected chi connectivity index (χ0v) is 8.71. The lowest BCUT2D eigenvalue weighted by molar-refractivity contribution is -0.143. The molecule has 0 aromatic rings. The topological polar surface area (TPSA) is 26.3 Å². The van der Waals surface area contributed by atoms with Crippen molar-refractivity contribution < 1.29 is 9.53 Å². The van der Waals surface area contributed by atoms with Crippen LogP contribution in [0.5, 0.6) is 0 Å². The Morgan fingerprint density at radius 2 is 2.00 bits per heavy atom. The molecule has 0 aromatic carbocycles. The number of esters is 1. The van der Waals surface area contributed by atoms with Gasteiger partial charge in [-0.15, -0.1) is 0 Å². The van der Waals surface area contributed by atoms with Crippen LogP contribution in [0.25, 0.3) is 0 Å². The molecule has 0 N–H and O–H groups in total. The Bertz CT molecular complexity index is 150. The third kappa shape index (κ3) is 9.12. The van der Waals surface area contributed by atoms with Crippen molar-refractivity contribution in [2.45, 2.75) is 46.0 Å². The second kappa shape index (κ2) is 9.30. The molecule has 76 valence electrons. The number of ether oxygens (including phenoxy) is 1. The molecule has 0 atom stereocenters. The highest BCUT2D eigenvalue weighted by Crippen LogP contribution is 1.98. The van der Waals surface area contributed by atoms with Crippen LogP contribution in [0.4, 0.5) is 0 Å². The summed E-state index contributed by atoms with van der Waals surface area (Å²) < 4.78 is 4.93. The molecule has 0 aliphatic heterocycles. The minimum atomic E-state index is -0.0934. The highest BCUT2D eigenvalue weighted by atomic mass is 16.5. The van der Waals surface area contributed by atoms with Crippen molar-refractivity contribution in [1.82, 2.24) is 0 Å². The van der Waals surface area contributed by atoms with Crippen molar-refractivity contribution in [3.8, 4) is 0 Å². The predicted octanol–water partition coefficient (Wildman–Crippen LogP) is 3.08. The Labute approximate surface area is 81.0 Å². The van der Waals surface area contributed by atoms with Crippen LogP contribution in [0.3, 0.4) is 0 Å². The largest absolute Gasteiger partial charge is 0.466 e. The summed E-state index contributed by atoms with van der Waals surface area (Å²) in [5.74, 6) is -0.0934. The van der Waals surface area contributed by atoms with E-state index >= 15 is 0 Å². The molecule has 0 radical (unpaired) electrons. The van der Waals surface area contributed by atoms with E-state index in [0.717, 1.165) is 25.7 Å². The number of carbonyl (C=O) groups excluding carboxylic acids is 1. The second-order valence-electron chi connectivity index (χ2n) is 2.95. The van der Waals surface area contributed by atoms with Crippen molar-refractivity contribution in [2.24, 2.45) is 0 Å². The lowest BCUT2D eigenvalue weighted by Crippen LogP contribution is -2.03. The number of rotatable bonds is 7. The molecule has 2 nitrogen and oxygen atoms in total. The number of carbonyl (C=O) groups is 1. The van der Waals surface area contributed by atoms with Crippen LogP contribution in [0.1, 0.15) is 46.0 Å². The van der Waals surface area contributed by atoms with Crippen molar-refractivity contribution in [1.29, 1.82) is 0 Å². The number of hydrogen-bond acceptors (Lipinski definition) is 2. The molecule has 0 spiro atoms. The van der Waals surface area contributed by atoms with E-state index in [9.17, 15) is 4.79 Å². The van der Waals surface area contributed by atoms with Crippen molar-refractivity contribution in [3.05, 3.63) is 12.2 Å². The lowest BCUT2D eigenvalue weighted by Gasteiger charge is -2.01. The average Bonchev–Trinajstić information content (AvgIpc) is 2.16. The van der Waals surface area contributed by atoms with Crippen molar-refractivity contribution in [2.75, 3.05) is 6.61 Å². The number of unbranched alkanes of at least 4 members (excludes halogenated alkanes) is 2. The van der Waals surface area contributed by atoms with Crippen LogP contribution < -0.4 is 0 Å². The van der Waals surface area contributed by atoms with Gasteiger partial charge in [0.15, 0.2) is 0 Å². The van der Waals surface area contributed by atoms with E-state index in [4.69, 9.17) is 4.74 Å². The van der Waals surface area contributed by atoms with Gasteiger partial charge in [-0.3, -0.25) is 4.79 Å². The van der Waals surface area contributed by atoms with E-state index < -0.39 is 0 Å². The Hall–Kier alpha value is -0.790. The molecule has 0 rings (SSSR count). The van der Waals surface area contributed by atoms with Crippen LogP contribution in [0, 0.1) is 0 Å². The van der Waals surface area contributed by atoms with E-state index in [0.29, 0.717) is 13.0 Å². The maximum absolute atomic E-state index is 10.7. The molecule has 0 saturated carbocycles. The summed E-state index contributed by atoms with van der Waals surface area (Å²) in [5.41, 5.74) is 0. The molecule has 0 aliphatic rings. The Morgan fingerprint density at radius 3 is 2.62 bits per heavy atom. The summed E-state index contributed by atoms with van der Waals surface area (Å²) in [7, 11) is 0. The van der Waals surface area contributed by atoms with Gasteiger partial charge in [0.1, 0.15) is 0 Å².